The molecule has 0 unspecified atom stereocenters. The first-order valence-electron chi connectivity index (χ1n) is 5.83. The number of nitrogens with one attached hydrogen (secondary N) is 2. The summed E-state index contributed by atoms with van der Waals surface area (Å²) in [6, 6.07) is 4.67. The lowest BCUT2D eigenvalue weighted by molar-refractivity contribution is 0.417. The maximum Gasteiger partial charge on any atom is 0.265 e. The summed E-state index contributed by atoms with van der Waals surface area (Å²) in [7, 11) is -2.24. The van der Waals surface area contributed by atoms with Crippen LogP contribution in [0.1, 0.15) is 11.4 Å². The Bertz CT molecular complexity index is 718. The van der Waals surface area contributed by atoms with Crippen LogP contribution in [0.2, 0.25) is 0 Å². The van der Waals surface area contributed by atoms with Crippen LogP contribution in [0.3, 0.4) is 0 Å². The normalized spacial score (nSPS) is 11.3. The molecule has 0 fully saturated rings. The fourth-order valence-corrected chi connectivity index (χ4v) is 3.34. The molecule has 0 bridgehead atoms. The number of H-pyrrole nitrogens is 1. The maximum atomic E-state index is 12.3. The number of benzene rings is 1. The minimum absolute atomic E-state index is 0.147. The van der Waals surface area contributed by atoms with Crippen molar-refractivity contribution in [3.63, 3.8) is 0 Å². The summed E-state index contributed by atoms with van der Waals surface area (Å²) in [6.45, 7) is 3.28. The predicted molar refractivity (Wildman–Crippen MR) is 76.3 cm³/mol. The van der Waals surface area contributed by atoms with E-state index in [0.717, 1.165) is 0 Å². The number of hydrogen-bond donors (Lipinski definition) is 3. The molecule has 0 saturated carbocycles. The van der Waals surface area contributed by atoms with Crippen LogP contribution in [-0.2, 0) is 10.0 Å². The van der Waals surface area contributed by atoms with Gasteiger partial charge in [0.05, 0.1) is 29.9 Å². The Hall–Kier alpha value is -2.22. The second-order valence-corrected chi connectivity index (χ2v) is 5.94. The summed E-state index contributed by atoms with van der Waals surface area (Å²) < 4.78 is 32.2. The molecule has 0 aliphatic rings. The summed E-state index contributed by atoms with van der Waals surface area (Å²) in [6.07, 6.45) is 0. The molecule has 20 heavy (non-hydrogen) atoms. The molecule has 108 valence electrons. The van der Waals surface area contributed by atoms with Crippen LogP contribution in [0.5, 0.6) is 5.75 Å². The van der Waals surface area contributed by atoms with Crippen LogP contribution in [0.4, 0.5) is 11.4 Å². The molecule has 0 aliphatic carbocycles. The van der Waals surface area contributed by atoms with E-state index in [1.165, 1.54) is 13.2 Å². The van der Waals surface area contributed by atoms with Gasteiger partial charge in [0, 0.05) is 6.07 Å². The third-order valence-electron chi connectivity index (χ3n) is 2.81. The van der Waals surface area contributed by atoms with Gasteiger partial charge in [-0.15, -0.1) is 0 Å². The van der Waals surface area contributed by atoms with Crippen molar-refractivity contribution in [3.05, 3.63) is 29.6 Å². The number of nitrogens with two attached hydrogens (primary N) is 1. The van der Waals surface area contributed by atoms with Gasteiger partial charge in [-0.1, -0.05) is 0 Å². The van der Waals surface area contributed by atoms with Gasteiger partial charge in [0.15, 0.2) is 0 Å². The van der Waals surface area contributed by atoms with Crippen LogP contribution < -0.4 is 15.2 Å². The van der Waals surface area contributed by atoms with Crippen molar-refractivity contribution in [2.75, 3.05) is 17.6 Å². The van der Waals surface area contributed by atoms with Gasteiger partial charge >= 0.3 is 0 Å². The molecule has 4 N–H and O–H groups in total. The molecule has 0 spiro atoms. The average Bonchev–Trinajstić information content (AvgIpc) is 2.71. The van der Waals surface area contributed by atoms with Gasteiger partial charge in [-0.25, -0.2) is 8.42 Å². The van der Waals surface area contributed by atoms with E-state index in [9.17, 15) is 8.42 Å². The number of sulfonamides is 1. The number of nitrogen functional groups attached to an aromatic ring is 1. The number of hydrogen-bond acceptors (Lipinski definition) is 5. The molecule has 1 heterocycles. The summed E-state index contributed by atoms with van der Waals surface area (Å²) in [5, 5.41) is 6.53. The molecule has 0 amide bonds. The topological polar surface area (TPSA) is 110 Å². The molecule has 2 aromatic rings. The molecule has 0 saturated heterocycles. The Morgan fingerprint density at radius 3 is 2.60 bits per heavy atom. The molecule has 8 heteroatoms. The van der Waals surface area contributed by atoms with E-state index in [-0.39, 0.29) is 4.90 Å². The SMILES string of the molecule is COc1cc(NS(=O)(=O)c2c(C)n[nH]c2C)ccc1N. The van der Waals surface area contributed by atoms with E-state index in [0.29, 0.717) is 28.5 Å². The third-order valence-corrected chi connectivity index (χ3v) is 4.46. The summed E-state index contributed by atoms with van der Waals surface area (Å²) >= 11 is 0. The molecule has 7 nitrogen and oxygen atoms in total. The summed E-state index contributed by atoms with van der Waals surface area (Å²) in [5.74, 6) is 0.408. The average molecular weight is 296 g/mol. The Kier molecular flexibility index (Phi) is 3.58. The zero-order valence-electron chi connectivity index (χ0n) is 11.4. The number of nitrogens with zero attached hydrogens (tertiary/aromatic N) is 1. The van der Waals surface area contributed by atoms with Crippen molar-refractivity contribution in [1.82, 2.24) is 10.2 Å². The van der Waals surface area contributed by atoms with E-state index in [2.05, 4.69) is 14.9 Å². The van der Waals surface area contributed by atoms with Gasteiger partial charge in [0.1, 0.15) is 10.6 Å². The molecule has 2 rings (SSSR count). The van der Waals surface area contributed by atoms with Crippen molar-refractivity contribution >= 4 is 21.4 Å². The van der Waals surface area contributed by atoms with Crippen molar-refractivity contribution in [2.24, 2.45) is 0 Å². The number of ether oxygens (including phenoxy) is 1. The van der Waals surface area contributed by atoms with Crippen LogP contribution >= 0.6 is 0 Å². The highest BCUT2D eigenvalue weighted by Gasteiger charge is 2.22. The lowest BCUT2D eigenvalue weighted by atomic mass is 10.2. The molecular formula is C12H16N4O3S. The van der Waals surface area contributed by atoms with Crippen LogP contribution in [-0.4, -0.2) is 25.7 Å². The standard InChI is InChI=1S/C12H16N4O3S/c1-7-12(8(2)15-14-7)20(17,18)16-9-4-5-10(13)11(6-9)19-3/h4-6,16H,13H2,1-3H3,(H,14,15). The van der Waals surface area contributed by atoms with E-state index < -0.39 is 10.0 Å². The van der Waals surface area contributed by atoms with Crippen LogP contribution in [0, 0.1) is 13.8 Å². The number of anilines is 2. The zero-order valence-corrected chi connectivity index (χ0v) is 12.2. The monoisotopic (exact) mass is 296 g/mol. The van der Waals surface area contributed by atoms with Crippen molar-refractivity contribution < 1.29 is 13.2 Å². The quantitative estimate of drug-likeness (QED) is 0.739. The van der Waals surface area contributed by atoms with E-state index in [1.807, 2.05) is 0 Å². The minimum atomic E-state index is -3.71. The fourth-order valence-electron chi connectivity index (χ4n) is 1.92. The second-order valence-electron chi connectivity index (χ2n) is 4.33. The molecule has 0 atom stereocenters. The Balaban J connectivity index is 2.39. The first kappa shape index (κ1) is 14.2. The number of aromatic amines is 1. The first-order valence-corrected chi connectivity index (χ1v) is 7.31. The minimum Gasteiger partial charge on any atom is -0.495 e. The Morgan fingerprint density at radius 1 is 1.35 bits per heavy atom. The van der Waals surface area contributed by atoms with Gasteiger partial charge in [-0.3, -0.25) is 9.82 Å². The van der Waals surface area contributed by atoms with Crippen LogP contribution in [0.15, 0.2) is 23.1 Å². The fraction of sp³-hybridized carbons (Fsp3) is 0.250. The van der Waals surface area contributed by atoms with Crippen molar-refractivity contribution in [2.45, 2.75) is 18.7 Å². The highest BCUT2D eigenvalue weighted by molar-refractivity contribution is 7.92. The van der Waals surface area contributed by atoms with Gasteiger partial charge in [-0.2, -0.15) is 5.10 Å². The number of rotatable bonds is 4. The van der Waals surface area contributed by atoms with Crippen molar-refractivity contribution in [1.29, 1.82) is 0 Å². The zero-order chi connectivity index (χ0) is 14.9. The lowest BCUT2D eigenvalue weighted by Gasteiger charge is -2.10. The maximum absolute atomic E-state index is 12.3. The van der Waals surface area contributed by atoms with Gasteiger partial charge in [0.2, 0.25) is 0 Å². The van der Waals surface area contributed by atoms with E-state index >= 15 is 0 Å². The van der Waals surface area contributed by atoms with Gasteiger partial charge in [-0.05, 0) is 26.0 Å². The highest BCUT2D eigenvalue weighted by Crippen LogP contribution is 2.27. The molecule has 1 aromatic heterocycles. The molecule has 0 radical (unpaired) electrons. The Labute approximate surface area is 117 Å². The highest BCUT2D eigenvalue weighted by atomic mass is 32.2. The van der Waals surface area contributed by atoms with Crippen LogP contribution in [0.25, 0.3) is 0 Å². The summed E-state index contributed by atoms with van der Waals surface area (Å²) in [4.78, 5) is 0.147. The summed E-state index contributed by atoms with van der Waals surface area (Å²) in [5.41, 5.74) is 7.39. The Morgan fingerprint density at radius 2 is 2.05 bits per heavy atom. The smallest absolute Gasteiger partial charge is 0.265 e. The van der Waals surface area contributed by atoms with E-state index in [4.69, 9.17) is 10.5 Å². The number of aromatic nitrogens is 2. The van der Waals surface area contributed by atoms with Gasteiger partial charge in [0.25, 0.3) is 10.0 Å². The lowest BCUT2D eigenvalue weighted by Crippen LogP contribution is -2.14. The third kappa shape index (κ3) is 2.55. The predicted octanol–water partition coefficient (Wildman–Crippen LogP) is 1.42. The molecule has 0 aliphatic heterocycles. The number of methoxy groups -OCH3 is 1. The largest absolute Gasteiger partial charge is 0.495 e. The first-order chi connectivity index (χ1) is 9.35. The van der Waals surface area contributed by atoms with Gasteiger partial charge < -0.3 is 10.5 Å². The van der Waals surface area contributed by atoms with Crippen molar-refractivity contribution in [3.8, 4) is 5.75 Å². The molecule has 1 aromatic carbocycles. The second kappa shape index (κ2) is 5.04. The number of aryl methyl sites for hydroxylation is 2. The molecular weight excluding hydrogens is 280 g/mol. The van der Waals surface area contributed by atoms with E-state index in [1.54, 1.807) is 26.0 Å².